The lowest BCUT2D eigenvalue weighted by molar-refractivity contribution is 0.590. The van der Waals surface area contributed by atoms with Crippen molar-refractivity contribution in [1.29, 1.82) is 0 Å². The Labute approximate surface area is 835 Å². The number of fused-ring (bicyclic) bond motifs is 15. The maximum atomic E-state index is 13.3. The molecule has 10 aromatic heterocycles. The predicted molar refractivity (Wildman–Crippen MR) is 579 cm³/mol. The molecule has 23 heteroatoms. The van der Waals surface area contributed by atoms with Crippen LogP contribution in [0.4, 0.5) is 17.1 Å². The quantitative estimate of drug-likeness (QED) is 0.0826. The van der Waals surface area contributed by atoms with Crippen LogP contribution in [0, 0.1) is 6.92 Å². The molecule has 0 saturated heterocycles. The molecule has 0 fully saturated rings. The highest BCUT2D eigenvalue weighted by atomic mass is 32.2. The Kier molecular flexibility index (Phi) is 23.6. The fraction of sp³-hybridized carbons (Fsp3) is 0.00820. The first-order valence-electron chi connectivity index (χ1n) is 46.9. The number of sulfone groups is 4. The molecule has 145 heavy (non-hydrogen) atoms. The Bertz CT molecular complexity index is 9860. The Hall–Kier alpha value is -18.1. The number of rotatable bonds is 17. The number of aryl methyl sites for hydroxylation is 1. The van der Waals surface area contributed by atoms with E-state index >= 15 is 0 Å². The third kappa shape index (κ3) is 16.6. The first-order chi connectivity index (χ1) is 70.9. The first kappa shape index (κ1) is 90.7. The highest BCUT2D eigenvalue weighted by Crippen LogP contribution is 2.44. The number of aromatic nitrogens is 10. The van der Waals surface area contributed by atoms with Gasteiger partial charge in [-0.3, -0.25) is 4.98 Å². The van der Waals surface area contributed by atoms with E-state index in [-0.39, 0.29) is 39.7 Å². The monoisotopic (exact) mass is 1960 g/mol. The fourth-order valence-corrected chi connectivity index (χ4v) is 24.3. The molecule has 0 unspecified atom stereocenters. The molecule has 0 spiro atoms. The summed E-state index contributed by atoms with van der Waals surface area (Å²) in [6, 6.07) is 152. The molecule has 0 N–H and O–H groups in total. The van der Waals surface area contributed by atoms with Gasteiger partial charge in [-0.15, -0.1) is 0 Å². The zero-order valence-electron chi connectivity index (χ0n) is 77.7. The summed E-state index contributed by atoms with van der Waals surface area (Å²) in [5.74, 6) is 0. The third-order valence-corrected chi connectivity index (χ3v) is 32.8. The maximum Gasteiger partial charge on any atom is 0.223 e. The zero-order chi connectivity index (χ0) is 98.5. The summed E-state index contributed by atoms with van der Waals surface area (Å²) in [5.41, 5.74) is 21.1. The summed E-state index contributed by atoms with van der Waals surface area (Å²) < 4.78 is 116. The molecule has 0 aliphatic heterocycles. The van der Waals surface area contributed by atoms with Crippen LogP contribution < -0.4 is 4.90 Å². The summed E-state index contributed by atoms with van der Waals surface area (Å²) >= 11 is 0. The van der Waals surface area contributed by atoms with Gasteiger partial charge < -0.3 is 27.7 Å². The summed E-state index contributed by atoms with van der Waals surface area (Å²) in [6.07, 6.45) is 5.10. The van der Waals surface area contributed by atoms with Gasteiger partial charge in [-0.1, -0.05) is 255 Å². The van der Waals surface area contributed by atoms with Crippen molar-refractivity contribution < 1.29 is 33.7 Å². The van der Waals surface area contributed by atoms with Gasteiger partial charge in [0.1, 0.15) is 0 Å². The number of hydrogen-bond donors (Lipinski definition) is 0. The van der Waals surface area contributed by atoms with Crippen molar-refractivity contribution in [3.8, 4) is 39.7 Å². The fourth-order valence-electron chi connectivity index (χ4n) is 19.4. The Morgan fingerprint density at radius 3 is 1.05 bits per heavy atom. The summed E-state index contributed by atoms with van der Waals surface area (Å²) in [4.78, 5) is 25.7. The molecule has 0 aliphatic carbocycles. The van der Waals surface area contributed by atoms with Crippen LogP contribution in [-0.2, 0) is 39.3 Å². The third-order valence-electron chi connectivity index (χ3n) is 26.1. The summed E-state index contributed by atoms with van der Waals surface area (Å²) in [7, 11) is -14.8. The van der Waals surface area contributed by atoms with Gasteiger partial charge in [-0.2, -0.15) is 0 Å². The number of nitrogens with zero attached hydrogens (tertiary/aromatic N) is 11. The molecule has 0 amide bonds. The second-order valence-corrected chi connectivity index (χ2v) is 42.3. The van der Waals surface area contributed by atoms with E-state index in [1.165, 1.54) is 21.5 Å². The zero-order valence-corrected chi connectivity index (χ0v) is 80.9. The summed E-state index contributed by atoms with van der Waals surface area (Å²) in [6.45, 7) is 1.86. The predicted octanol–water partition coefficient (Wildman–Crippen LogP) is 28.0. The number of para-hydroxylation sites is 9. The summed E-state index contributed by atoms with van der Waals surface area (Å²) in [5, 5.41) is 10.1. The molecule has 0 bridgehead atoms. The second-order valence-electron chi connectivity index (χ2n) is 34.7. The van der Waals surface area contributed by atoms with Gasteiger partial charge in [0.15, 0.2) is 20.1 Å². The van der Waals surface area contributed by atoms with Gasteiger partial charge in [-0.25, -0.2) is 53.6 Å². The lowest BCUT2D eigenvalue weighted by atomic mass is 10.1. The SMILES string of the molecule is Cc1nc(S(=O)(=O)c2ccccc2)ccc1-n1c2ccccc2c2cc3c4ncccc4n(-c4ccccc4)c3cc21.O=S(=O)(c1ccccc1)c1cc2c3ccccc3n(-c3ccccc3)c2cn1.O=S(=O)(c1ccccc1)c1ccc(N(c2ccccc2)c2ccc(-n3c4ccccc4c4ccccc43)cc2)cn1.O=S(=O)(c1ccccc1)c1cccc(-c2cccc(-n3c4ccccc4c4ccccc43)c2)n1. The molecule has 10 heterocycles. The minimum absolute atomic E-state index is 0.0159. The van der Waals surface area contributed by atoms with Crippen molar-refractivity contribution in [2.24, 2.45) is 0 Å². The van der Waals surface area contributed by atoms with E-state index < -0.39 is 39.3 Å². The normalized spacial score (nSPS) is 11.8. The topological polar surface area (TPSA) is 229 Å². The van der Waals surface area contributed by atoms with Crippen LogP contribution >= 0.6 is 0 Å². The standard InChI is InChI=1S/C35H24N4O2S.C35H25N3O2S.C29H20N2O2S.C23H16N2O2S/c1-23-29(18-19-34(37-23)42(40,41)25-13-6-3-7-14-25)39-30-16-9-8-15-26(30)27-21-28-33(22-32(27)39)38(24-11-4-2-5-12-24)31-17-10-20-36-35(28)31;39-41(40,30-13-5-2-6-14-30)35-24-23-29(25-36-35)37(26-11-3-1-4-12-26)27-19-21-28(22-20-27)38-33-17-9-7-15-31(33)32-16-8-10-18-34(32)38;32-34(33,23-12-2-1-3-13-23)29-19-9-16-26(30-29)21-10-8-11-22(20-21)31-27-17-6-4-14-24(27)25-15-5-7-18-28(25)31;26-28(27,18-11-5-2-6-12-18)23-15-20-19-13-7-8-14-21(19)25(22(20)16-24-23)17-9-3-1-4-10-17/h2-22H,1H3;1-25H;1-20H;1-16H. The minimum Gasteiger partial charge on any atom is -0.309 e. The van der Waals surface area contributed by atoms with E-state index in [9.17, 15) is 33.7 Å². The van der Waals surface area contributed by atoms with Gasteiger partial charge in [-0.05, 0) is 231 Å². The van der Waals surface area contributed by atoms with Gasteiger partial charge in [0.2, 0.25) is 39.3 Å². The molecule has 26 aromatic rings. The van der Waals surface area contributed by atoms with Gasteiger partial charge >= 0.3 is 0 Å². The molecule has 0 atom stereocenters. The maximum absolute atomic E-state index is 13.3. The Morgan fingerprint density at radius 2 is 0.566 bits per heavy atom. The minimum atomic E-state index is -3.74. The van der Waals surface area contributed by atoms with Crippen molar-refractivity contribution in [2.45, 2.75) is 46.6 Å². The van der Waals surface area contributed by atoms with E-state index in [0.29, 0.717) is 11.4 Å². The van der Waals surface area contributed by atoms with Crippen LogP contribution in [0.15, 0.2) is 538 Å². The van der Waals surface area contributed by atoms with Gasteiger partial charge in [0.25, 0.3) is 0 Å². The molecule has 0 saturated carbocycles. The van der Waals surface area contributed by atoms with Gasteiger partial charge in [0.05, 0.1) is 115 Å². The number of hydrogen-bond acceptors (Lipinski definition) is 14. The first-order valence-corrected chi connectivity index (χ1v) is 52.8. The van der Waals surface area contributed by atoms with Crippen LogP contribution in [0.2, 0.25) is 0 Å². The van der Waals surface area contributed by atoms with Crippen LogP contribution in [0.3, 0.4) is 0 Å². The smallest absolute Gasteiger partial charge is 0.223 e. The molecule has 700 valence electrons. The van der Waals surface area contributed by atoms with Crippen molar-refractivity contribution in [3.63, 3.8) is 0 Å². The van der Waals surface area contributed by atoms with E-state index in [1.54, 1.807) is 170 Å². The lowest BCUT2D eigenvalue weighted by Gasteiger charge is -2.25. The van der Waals surface area contributed by atoms with Gasteiger partial charge in [0, 0.05) is 94.4 Å². The highest BCUT2D eigenvalue weighted by Gasteiger charge is 2.29. The van der Waals surface area contributed by atoms with Crippen LogP contribution in [0.1, 0.15) is 5.69 Å². The van der Waals surface area contributed by atoms with E-state index in [2.05, 4.69) is 211 Å². The molecule has 26 rings (SSSR count). The molecule has 16 aromatic carbocycles. The van der Waals surface area contributed by atoms with Crippen molar-refractivity contribution in [1.82, 2.24) is 47.8 Å². The van der Waals surface area contributed by atoms with Crippen LogP contribution in [0.25, 0.3) is 149 Å². The molecule has 0 radical (unpaired) electrons. The average molecular weight is 1960 g/mol. The molecular formula is C122H85N11O8S4. The van der Waals surface area contributed by atoms with Crippen LogP contribution in [-0.4, -0.2) is 81.4 Å². The van der Waals surface area contributed by atoms with Crippen LogP contribution in [0.5, 0.6) is 0 Å². The van der Waals surface area contributed by atoms with E-state index in [4.69, 9.17) is 4.98 Å². The Balaban J connectivity index is 0.000000108. The number of pyridine rings is 5. The Morgan fingerprint density at radius 1 is 0.214 bits per heavy atom. The van der Waals surface area contributed by atoms with Crippen molar-refractivity contribution >= 4 is 166 Å². The molecule has 19 nitrogen and oxygen atoms in total. The number of anilines is 3. The number of benzene rings is 16. The average Bonchev–Trinajstić information content (AvgIpc) is 1.55. The van der Waals surface area contributed by atoms with E-state index in [0.717, 1.165) is 139 Å². The lowest BCUT2D eigenvalue weighted by Crippen LogP contribution is -2.11. The highest BCUT2D eigenvalue weighted by molar-refractivity contribution is 7.92. The molecular weight excluding hydrogens is 1880 g/mol. The second kappa shape index (κ2) is 37.8. The van der Waals surface area contributed by atoms with Crippen molar-refractivity contribution in [2.75, 3.05) is 4.90 Å². The molecule has 0 aliphatic rings. The largest absolute Gasteiger partial charge is 0.309 e. The van der Waals surface area contributed by atoms with E-state index in [1.807, 2.05) is 171 Å². The van der Waals surface area contributed by atoms with Crippen molar-refractivity contribution in [3.05, 3.63) is 504 Å².